The van der Waals surface area contributed by atoms with Crippen LogP contribution in [0.5, 0.6) is 5.75 Å². The van der Waals surface area contributed by atoms with Crippen LogP contribution in [-0.4, -0.2) is 70.5 Å². The van der Waals surface area contributed by atoms with Crippen molar-refractivity contribution in [3.63, 3.8) is 0 Å². The van der Waals surface area contributed by atoms with Crippen molar-refractivity contribution < 1.29 is 14.3 Å². The number of carbonyl (C=O) groups excluding carboxylic acids is 2. The lowest BCUT2D eigenvalue weighted by Crippen LogP contribution is -2.46. The highest BCUT2D eigenvalue weighted by molar-refractivity contribution is 6.01. The second-order valence-electron chi connectivity index (χ2n) is 9.30. The molecule has 7 nitrogen and oxygen atoms in total. The number of nitrogens with one attached hydrogen (secondary N) is 1. The smallest absolute Gasteiger partial charge is 0.271 e. The maximum absolute atomic E-state index is 13.0. The molecule has 1 saturated heterocycles. The minimum absolute atomic E-state index is 0.0647. The molecule has 2 aromatic rings. The zero-order chi connectivity index (χ0) is 22.1. The van der Waals surface area contributed by atoms with Gasteiger partial charge in [0.05, 0.1) is 6.54 Å². The molecule has 0 radical (unpaired) electrons. The predicted molar refractivity (Wildman–Crippen MR) is 121 cm³/mol. The van der Waals surface area contributed by atoms with E-state index in [4.69, 9.17) is 4.74 Å². The van der Waals surface area contributed by atoms with E-state index >= 15 is 0 Å². The van der Waals surface area contributed by atoms with Crippen LogP contribution in [0.25, 0.3) is 10.9 Å². The van der Waals surface area contributed by atoms with Gasteiger partial charge >= 0.3 is 0 Å². The van der Waals surface area contributed by atoms with Crippen LogP contribution in [0.15, 0.2) is 24.3 Å². The maximum atomic E-state index is 13.0. The van der Waals surface area contributed by atoms with E-state index in [1.54, 1.807) is 4.90 Å². The number of hydrogen-bond donors (Lipinski definition) is 1. The van der Waals surface area contributed by atoms with Crippen molar-refractivity contribution in [3.8, 4) is 5.75 Å². The van der Waals surface area contributed by atoms with Crippen LogP contribution >= 0.6 is 0 Å². The van der Waals surface area contributed by atoms with Gasteiger partial charge in [-0.1, -0.05) is 0 Å². The molecular weight excluding hydrogens is 392 g/mol. The molecule has 168 valence electrons. The number of amides is 2. The number of hydrogen-bond acceptors (Lipinski definition) is 4. The largest absolute Gasteiger partial charge is 0.490 e. The molecule has 0 atom stereocenters. The number of aromatic nitrogens is 1. The van der Waals surface area contributed by atoms with Crippen molar-refractivity contribution in [1.29, 1.82) is 0 Å². The van der Waals surface area contributed by atoms with E-state index < -0.39 is 0 Å². The first-order valence-corrected chi connectivity index (χ1v) is 11.4. The van der Waals surface area contributed by atoms with E-state index in [1.165, 1.54) is 0 Å². The van der Waals surface area contributed by atoms with Gasteiger partial charge in [0, 0.05) is 49.2 Å². The molecule has 1 fully saturated rings. The Kier molecular flexibility index (Phi) is 6.23. The van der Waals surface area contributed by atoms with Gasteiger partial charge in [0.2, 0.25) is 5.91 Å². The van der Waals surface area contributed by atoms with Crippen molar-refractivity contribution in [2.24, 2.45) is 0 Å². The summed E-state index contributed by atoms with van der Waals surface area (Å²) in [7, 11) is 0. The molecule has 0 saturated carbocycles. The minimum Gasteiger partial charge on any atom is -0.490 e. The van der Waals surface area contributed by atoms with Crippen molar-refractivity contribution in [1.82, 2.24) is 19.7 Å². The normalized spacial score (nSPS) is 18.1. The second kappa shape index (κ2) is 8.91. The highest BCUT2D eigenvalue weighted by atomic mass is 16.5. The quantitative estimate of drug-likeness (QED) is 0.771. The molecule has 2 amide bonds. The zero-order valence-electron chi connectivity index (χ0n) is 19.1. The topological polar surface area (TPSA) is 66.8 Å². The number of nitrogens with zero attached hydrogens (tertiary/aromatic N) is 3. The molecule has 1 N–H and O–H groups in total. The van der Waals surface area contributed by atoms with E-state index in [-0.39, 0.29) is 30.5 Å². The Morgan fingerprint density at radius 1 is 1.10 bits per heavy atom. The molecule has 0 unspecified atom stereocenters. The molecule has 1 aromatic heterocycles. The fourth-order valence-electron chi connectivity index (χ4n) is 4.62. The summed E-state index contributed by atoms with van der Waals surface area (Å²) in [5.41, 5.74) is 1.68. The first-order chi connectivity index (χ1) is 14.8. The van der Waals surface area contributed by atoms with Crippen molar-refractivity contribution in [2.75, 3.05) is 26.2 Å². The summed E-state index contributed by atoms with van der Waals surface area (Å²) in [6.07, 6.45) is 2.31. The Labute approximate surface area is 184 Å². The third-order valence-electron chi connectivity index (χ3n) is 6.27. The molecule has 2 aliphatic rings. The van der Waals surface area contributed by atoms with Gasteiger partial charge in [-0.2, -0.15) is 0 Å². The van der Waals surface area contributed by atoms with Crippen LogP contribution in [0.2, 0.25) is 0 Å². The number of likely N-dealkylation sites (tertiary alicyclic amines) is 1. The van der Waals surface area contributed by atoms with Gasteiger partial charge in [-0.05, 0) is 64.8 Å². The zero-order valence-corrected chi connectivity index (χ0v) is 19.1. The van der Waals surface area contributed by atoms with Crippen molar-refractivity contribution >= 4 is 22.7 Å². The monoisotopic (exact) mass is 426 g/mol. The van der Waals surface area contributed by atoms with Gasteiger partial charge in [-0.3, -0.25) is 9.59 Å². The summed E-state index contributed by atoms with van der Waals surface area (Å²) >= 11 is 0. The number of ether oxygens (including phenoxy) is 1. The van der Waals surface area contributed by atoms with E-state index in [0.29, 0.717) is 24.8 Å². The van der Waals surface area contributed by atoms with Gasteiger partial charge in [0.15, 0.2) is 0 Å². The summed E-state index contributed by atoms with van der Waals surface area (Å²) < 4.78 is 8.33. The molecule has 0 bridgehead atoms. The van der Waals surface area contributed by atoms with Crippen LogP contribution in [0.1, 0.15) is 51.0 Å². The summed E-state index contributed by atoms with van der Waals surface area (Å²) in [5, 5.41) is 3.87. The third-order valence-corrected chi connectivity index (χ3v) is 6.27. The summed E-state index contributed by atoms with van der Waals surface area (Å²) in [6.45, 7) is 11.8. The van der Waals surface area contributed by atoms with Crippen LogP contribution in [0.4, 0.5) is 0 Å². The van der Waals surface area contributed by atoms with Crippen molar-refractivity contribution in [2.45, 2.75) is 65.3 Å². The average Bonchev–Trinajstić information content (AvgIpc) is 3.08. The Balaban J connectivity index is 1.45. The van der Waals surface area contributed by atoms with E-state index in [9.17, 15) is 9.59 Å². The maximum Gasteiger partial charge on any atom is 0.271 e. The van der Waals surface area contributed by atoms with Gasteiger partial charge in [0.1, 0.15) is 17.5 Å². The Bertz CT molecular complexity index is 957. The number of piperidine rings is 1. The standard InChI is InChI=1S/C24H34N4O3/c1-16(2)25-23(29)15-27-11-12-28-21-6-5-20(13-18(21)14-22(28)24(27)30)31-19-7-9-26(10-8-19)17(3)4/h5-6,13-14,16-17,19H,7-12,15H2,1-4H3,(H,25,29). The molecule has 4 rings (SSSR count). The molecule has 2 aliphatic heterocycles. The van der Waals surface area contributed by atoms with Gasteiger partial charge < -0.3 is 24.4 Å². The number of rotatable bonds is 6. The molecule has 31 heavy (non-hydrogen) atoms. The highest BCUT2D eigenvalue weighted by Gasteiger charge is 2.28. The van der Waals surface area contributed by atoms with Gasteiger partial charge in [-0.25, -0.2) is 0 Å². The molecule has 3 heterocycles. The summed E-state index contributed by atoms with van der Waals surface area (Å²) in [5.74, 6) is 0.649. The van der Waals surface area contributed by atoms with E-state index in [0.717, 1.165) is 42.6 Å². The van der Waals surface area contributed by atoms with Crippen LogP contribution < -0.4 is 10.1 Å². The molecule has 7 heteroatoms. The summed E-state index contributed by atoms with van der Waals surface area (Å²) in [4.78, 5) is 29.2. The van der Waals surface area contributed by atoms with Gasteiger partial charge in [-0.15, -0.1) is 0 Å². The first-order valence-electron chi connectivity index (χ1n) is 11.4. The Morgan fingerprint density at radius 2 is 1.84 bits per heavy atom. The molecular formula is C24H34N4O3. The fraction of sp³-hybridized carbons (Fsp3) is 0.583. The lowest BCUT2D eigenvalue weighted by atomic mass is 10.1. The average molecular weight is 427 g/mol. The fourth-order valence-corrected chi connectivity index (χ4v) is 4.62. The van der Waals surface area contributed by atoms with E-state index in [1.807, 2.05) is 38.1 Å². The molecule has 1 aromatic carbocycles. The SMILES string of the molecule is CC(C)NC(=O)CN1CCn2c(cc3cc(OC4CCN(C(C)C)CC4)ccc32)C1=O. The van der Waals surface area contributed by atoms with E-state index in [2.05, 4.69) is 28.6 Å². The number of benzene rings is 1. The second-order valence-corrected chi connectivity index (χ2v) is 9.30. The van der Waals surface area contributed by atoms with Crippen LogP contribution in [-0.2, 0) is 11.3 Å². The molecule has 0 spiro atoms. The van der Waals surface area contributed by atoms with Crippen LogP contribution in [0.3, 0.4) is 0 Å². The predicted octanol–water partition coefficient (Wildman–Crippen LogP) is 2.87. The molecule has 0 aliphatic carbocycles. The lowest BCUT2D eigenvalue weighted by Gasteiger charge is -2.34. The number of fused-ring (bicyclic) bond motifs is 3. The summed E-state index contributed by atoms with van der Waals surface area (Å²) in [6, 6.07) is 8.67. The highest BCUT2D eigenvalue weighted by Crippen LogP contribution is 2.29. The third kappa shape index (κ3) is 4.71. The van der Waals surface area contributed by atoms with Gasteiger partial charge in [0.25, 0.3) is 5.91 Å². The minimum atomic E-state index is -0.118. The number of carbonyl (C=O) groups is 2. The lowest BCUT2D eigenvalue weighted by molar-refractivity contribution is -0.122. The van der Waals surface area contributed by atoms with Crippen molar-refractivity contribution in [3.05, 3.63) is 30.0 Å². The Morgan fingerprint density at radius 3 is 2.52 bits per heavy atom. The first kappa shape index (κ1) is 21.7. The Hall–Kier alpha value is -2.54. The van der Waals surface area contributed by atoms with Crippen LogP contribution in [0, 0.1) is 0 Å².